The topological polar surface area (TPSA) is 24.5 Å². The lowest BCUT2D eigenvalue weighted by Gasteiger charge is -2.14. The number of hydrogen-bond donors (Lipinski definition) is 1. The van der Waals surface area contributed by atoms with Gasteiger partial charge in [0.1, 0.15) is 18.2 Å². The van der Waals surface area contributed by atoms with E-state index in [4.69, 9.17) is 27.9 Å². The van der Waals surface area contributed by atoms with Crippen LogP contribution in [0.4, 0.5) is 4.39 Å². The molecule has 0 unspecified atom stereocenters. The average molecular weight is 385 g/mol. The van der Waals surface area contributed by atoms with E-state index in [0.29, 0.717) is 27.9 Å². The van der Waals surface area contributed by atoms with Crippen LogP contribution in [-0.4, -0.2) is 32.1 Å². The van der Waals surface area contributed by atoms with E-state index in [-0.39, 0.29) is 12.4 Å². The second-order valence-electron chi connectivity index (χ2n) is 6.07. The molecule has 0 radical (unpaired) electrons. The van der Waals surface area contributed by atoms with Gasteiger partial charge in [-0.3, -0.25) is 0 Å². The van der Waals surface area contributed by atoms with Crippen molar-refractivity contribution in [2.24, 2.45) is 0 Å². The monoisotopic (exact) mass is 384 g/mol. The zero-order chi connectivity index (χ0) is 18.2. The van der Waals surface area contributed by atoms with E-state index in [2.05, 4.69) is 24.3 Å². The van der Waals surface area contributed by atoms with Crippen molar-refractivity contribution in [3.8, 4) is 5.75 Å². The molecule has 0 aliphatic rings. The van der Waals surface area contributed by atoms with Crippen LogP contribution < -0.4 is 10.1 Å². The number of hydrogen-bond acceptors (Lipinski definition) is 3. The standard InChI is InChI=1S/C19H23Cl2FN2O/c1-24(2)10-4-9-23-12-14-11-15(20)7-8-19(14)25-13-16-17(21)5-3-6-18(16)22/h3,5-8,11,23H,4,9-10,12-13H2,1-2H3. The first-order chi connectivity index (χ1) is 12.0. The van der Waals surface area contributed by atoms with Crippen molar-refractivity contribution in [1.82, 2.24) is 10.2 Å². The molecule has 2 rings (SSSR count). The summed E-state index contributed by atoms with van der Waals surface area (Å²) in [5, 5.41) is 4.38. The van der Waals surface area contributed by atoms with Crippen LogP contribution in [0, 0.1) is 5.82 Å². The number of ether oxygens (including phenoxy) is 1. The highest BCUT2D eigenvalue weighted by Crippen LogP contribution is 2.26. The van der Waals surface area contributed by atoms with Gasteiger partial charge in [-0.05, 0) is 63.9 Å². The molecule has 0 spiro atoms. The molecule has 3 nitrogen and oxygen atoms in total. The van der Waals surface area contributed by atoms with Crippen LogP contribution in [0.3, 0.4) is 0 Å². The summed E-state index contributed by atoms with van der Waals surface area (Å²) in [6.45, 7) is 2.62. The molecule has 0 saturated carbocycles. The van der Waals surface area contributed by atoms with Crippen molar-refractivity contribution < 1.29 is 9.13 Å². The van der Waals surface area contributed by atoms with Crippen LogP contribution >= 0.6 is 23.2 Å². The van der Waals surface area contributed by atoms with Gasteiger partial charge in [0.2, 0.25) is 0 Å². The quantitative estimate of drug-likeness (QED) is 0.631. The first-order valence-corrected chi connectivity index (χ1v) is 8.92. The van der Waals surface area contributed by atoms with E-state index in [1.807, 2.05) is 6.07 Å². The lowest BCUT2D eigenvalue weighted by Crippen LogP contribution is -2.21. The fraction of sp³-hybridized carbons (Fsp3) is 0.368. The summed E-state index contributed by atoms with van der Waals surface area (Å²) in [5.74, 6) is 0.300. The molecule has 0 aromatic heterocycles. The largest absolute Gasteiger partial charge is 0.488 e. The molecule has 0 atom stereocenters. The Hall–Kier alpha value is -1.33. The number of nitrogens with zero attached hydrogens (tertiary/aromatic N) is 1. The fourth-order valence-electron chi connectivity index (χ4n) is 2.39. The summed E-state index contributed by atoms with van der Waals surface area (Å²) in [4.78, 5) is 2.15. The smallest absolute Gasteiger partial charge is 0.131 e. The van der Waals surface area contributed by atoms with Crippen LogP contribution in [-0.2, 0) is 13.2 Å². The molecule has 25 heavy (non-hydrogen) atoms. The summed E-state index contributed by atoms with van der Waals surface area (Å²) >= 11 is 12.1. The Morgan fingerprint density at radius 2 is 1.96 bits per heavy atom. The molecule has 0 saturated heterocycles. The van der Waals surface area contributed by atoms with Crippen molar-refractivity contribution in [2.45, 2.75) is 19.6 Å². The van der Waals surface area contributed by atoms with Crippen molar-refractivity contribution in [3.63, 3.8) is 0 Å². The van der Waals surface area contributed by atoms with Gasteiger partial charge < -0.3 is 15.0 Å². The van der Waals surface area contributed by atoms with E-state index in [1.165, 1.54) is 6.07 Å². The molecule has 0 aliphatic carbocycles. The minimum absolute atomic E-state index is 0.0702. The van der Waals surface area contributed by atoms with Crippen molar-refractivity contribution in [2.75, 3.05) is 27.2 Å². The van der Waals surface area contributed by atoms with Gasteiger partial charge in [0, 0.05) is 22.7 Å². The predicted molar refractivity (Wildman–Crippen MR) is 102 cm³/mol. The van der Waals surface area contributed by atoms with Crippen LogP contribution in [0.1, 0.15) is 17.5 Å². The predicted octanol–water partition coefficient (Wildman–Crippen LogP) is 4.75. The lowest BCUT2D eigenvalue weighted by molar-refractivity contribution is 0.296. The van der Waals surface area contributed by atoms with E-state index in [9.17, 15) is 4.39 Å². The van der Waals surface area contributed by atoms with Crippen molar-refractivity contribution in [3.05, 3.63) is 63.4 Å². The van der Waals surface area contributed by atoms with Gasteiger partial charge in [0.25, 0.3) is 0 Å². The van der Waals surface area contributed by atoms with Crippen LogP contribution in [0.25, 0.3) is 0 Å². The van der Waals surface area contributed by atoms with E-state index in [0.717, 1.165) is 25.1 Å². The first kappa shape index (κ1) is 20.0. The lowest BCUT2D eigenvalue weighted by atomic mass is 10.2. The number of rotatable bonds is 9. The molecular weight excluding hydrogens is 362 g/mol. The molecule has 136 valence electrons. The number of nitrogens with one attached hydrogen (secondary N) is 1. The molecule has 0 heterocycles. The molecule has 0 aliphatic heterocycles. The minimum Gasteiger partial charge on any atom is -0.488 e. The normalized spacial score (nSPS) is 11.1. The van der Waals surface area contributed by atoms with E-state index >= 15 is 0 Å². The van der Waals surface area contributed by atoms with E-state index in [1.54, 1.807) is 24.3 Å². The van der Waals surface area contributed by atoms with Gasteiger partial charge in [-0.25, -0.2) is 4.39 Å². The molecule has 0 amide bonds. The third-order valence-electron chi connectivity index (χ3n) is 3.73. The first-order valence-electron chi connectivity index (χ1n) is 8.17. The highest BCUT2D eigenvalue weighted by molar-refractivity contribution is 6.31. The zero-order valence-electron chi connectivity index (χ0n) is 14.5. The summed E-state index contributed by atoms with van der Waals surface area (Å²) in [7, 11) is 4.10. The summed E-state index contributed by atoms with van der Waals surface area (Å²) in [6.07, 6.45) is 1.05. The third kappa shape index (κ3) is 6.48. The van der Waals surface area contributed by atoms with Gasteiger partial charge in [0.15, 0.2) is 0 Å². The number of benzene rings is 2. The maximum Gasteiger partial charge on any atom is 0.131 e. The molecule has 2 aromatic rings. The van der Waals surface area contributed by atoms with Gasteiger partial charge in [-0.15, -0.1) is 0 Å². The molecule has 1 N–H and O–H groups in total. The van der Waals surface area contributed by atoms with Crippen LogP contribution in [0.5, 0.6) is 5.75 Å². The second-order valence-corrected chi connectivity index (χ2v) is 6.92. The zero-order valence-corrected chi connectivity index (χ0v) is 16.0. The Morgan fingerprint density at radius 1 is 1.16 bits per heavy atom. The number of halogens is 3. The van der Waals surface area contributed by atoms with Crippen molar-refractivity contribution in [1.29, 1.82) is 0 Å². The Kier molecular flexibility index (Phi) is 7.97. The minimum atomic E-state index is -0.371. The Bertz CT molecular complexity index is 675. The van der Waals surface area contributed by atoms with E-state index < -0.39 is 0 Å². The maximum absolute atomic E-state index is 13.9. The van der Waals surface area contributed by atoms with Gasteiger partial charge >= 0.3 is 0 Å². The molecule has 0 bridgehead atoms. The highest BCUT2D eigenvalue weighted by atomic mass is 35.5. The van der Waals surface area contributed by atoms with Crippen molar-refractivity contribution >= 4 is 23.2 Å². The molecule has 2 aromatic carbocycles. The fourth-order valence-corrected chi connectivity index (χ4v) is 2.80. The Morgan fingerprint density at radius 3 is 2.68 bits per heavy atom. The van der Waals surface area contributed by atoms with Gasteiger partial charge in [-0.1, -0.05) is 29.3 Å². The summed E-state index contributed by atoms with van der Waals surface area (Å²) in [5.41, 5.74) is 1.29. The molecule has 6 heteroatoms. The van der Waals surface area contributed by atoms with Crippen LogP contribution in [0.2, 0.25) is 10.0 Å². The highest BCUT2D eigenvalue weighted by Gasteiger charge is 2.10. The third-order valence-corrected chi connectivity index (χ3v) is 4.32. The molecular formula is C19H23Cl2FN2O. The SMILES string of the molecule is CN(C)CCCNCc1cc(Cl)ccc1OCc1c(F)cccc1Cl. The van der Waals surface area contributed by atoms with Gasteiger partial charge in [0.05, 0.1) is 5.02 Å². The Balaban J connectivity index is 1.98. The Labute approximate surface area is 158 Å². The summed E-state index contributed by atoms with van der Waals surface area (Å²) in [6, 6.07) is 10.0. The maximum atomic E-state index is 13.9. The van der Waals surface area contributed by atoms with Gasteiger partial charge in [-0.2, -0.15) is 0 Å². The van der Waals surface area contributed by atoms with Crippen LogP contribution in [0.15, 0.2) is 36.4 Å². The second kappa shape index (κ2) is 9.97. The molecule has 0 fully saturated rings. The average Bonchev–Trinajstić information content (AvgIpc) is 2.55. The summed E-state index contributed by atoms with van der Waals surface area (Å²) < 4.78 is 19.7.